The van der Waals surface area contributed by atoms with Crippen LogP contribution >= 0.6 is 0 Å². The van der Waals surface area contributed by atoms with Crippen LogP contribution in [0.25, 0.3) is 21.9 Å². The van der Waals surface area contributed by atoms with E-state index >= 15 is 0 Å². The number of aldehydes is 1. The van der Waals surface area contributed by atoms with Crippen LogP contribution in [0.15, 0.2) is 60.7 Å². The Balaban J connectivity index is 2.27. The molecule has 0 fully saturated rings. The summed E-state index contributed by atoms with van der Waals surface area (Å²) in [6.07, 6.45) is 0.768. The Hall–Kier alpha value is -2.61. The van der Waals surface area contributed by atoms with Gasteiger partial charge in [-0.3, -0.25) is 4.79 Å². The van der Waals surface area contributed by atoms with Gasteiger partial charge in [0.2, 0.25) is 0 Å². The zero-order chi connectivity index (χ0) is 13.2. The van der Waals surface area contributed by atoms with Crippen LogP contribution in [0, 0.1) is 0 Å². The first-order chi connectivity index (χ1) is 9.29. The van der Waals surface area contributed by atoms with E-state index in [2.05, 4.69) is 0 Å². The van der Waals surface area contributed by atoms with Crippen LogP contribution in [0.1, 0.15) is 10.4 Å². The van der Waals surface area contributed by atoms with Gasteiger partial charge in [-0.1, -0.05) is 48.5 Å². The molecule has 0 bridgehead atoms. The Labute approximate surface area is 110 Å². The van der Waals surface area contributed by atoms with Crippen LogP contribution in [0.3, 0.4) is 0 Å². The Morgan fingerprint density at radius 2 is 1.63 bits per heavy atom. The van der Waals surface area contributed by atoms with Gasteiger partial charge in [0.05, 0.1) is 0 Å². The molecule has 0 amide bonds. The number of benzene rings is 3. The van der Waals surface area contributed by atoms with Crippen LogP contribution in [-0.4, -0.2) is 11.4 Å². The van der Waals surface area contributed by atoms with Gasteiger partial charge in [0, 0.05) is 11.1 Å². The first-order valence-corrected chi connectivity index (χ1v) is 6.06. The Bertz CT molecular complexity index is 760. The van der Waals surface area contributed by atoms with E-state index in [4.69, 9.17) is 0 Å². The molecule has 0 aromatic heterocycles. The fourth-order valence-electron chi connectivity index (χ4n) is 2.32. The number of fused-ring (bicyclic) bond motifs is 1. The highest BCUT2D eigenvalue weighted by Crippen LogP contribution is 2.33. The van der Waals surface area contributed by atoms with Gasteiger partial charge < -0.3 is 5.11 Å². The molecule has 92 valence electrons. The molecule has 0 aliphatic heterocycles. The lowest BCUT2D eigenvalue weighted by Crippen LogP contribution is -1.88. The third-order valence-corrected chi connectivity index (χ3v) is 3.24. The standard InChI is InChI=1S/C17H12O2/c18-11-15-6-3-7-16(19)17(15)14-9-8-12-4-1-2-5-13(12)10-14/h1-11,19H. The van der Waals surface area contributed by atoms with E-state index in [0.717, 1.165) is 22.6 Å². The highest BCUT2D eigenvalue weighted by Gasteiger charge is 2.10. The first-order valence-electron chi connectivity index (χ1n) is 6.06. The van der Waals surface area contributed by atoms with Crippen molar-refractivity contribution in [1.82, 2.24) is 0 Å². The molecule has 3 aromatic rings. The molecule has 19 heavy (non-hydrogen) atoms. The maximum absolute atomic E-state index is 11.1. The average Bonchev–Trinajstić information content (AvgIpc) is 2.46. The van der Waals surface area contributed by atoms with Gasteiger partial charge in [0.1, 0.15) is 5.75 Å². The van der Waals surface area contributed by atoms with E-state index in [1.165, 1.54) is 0 Å². The summed E-state index contributed by atoms with van der Waals surface area (Å²) in [5.74, 6) is 0.125. The SMILES string of the molecule is O=Cc1cccc(O)c1-c1ccc2ccccc2c1. The monoisotopic (exact) mass is 248 g/mol. The maximum atomic E-state index is 11.1. The lowest BCUT2D eigenvalue weighted by molar-refractivity contribution is 0.112. The maximum Gasteiger partial charge on any atom is 0.150 e. The Morgan fingerprint density at radius 3 is 2.42 bits per heavy atom. The number of aromatic hydroxyl groups is 1. The van der Waals surface area contributed by atoms with E-state index in [0.29, 0.717) is 11.1 Å². The molecule has 2 heteroatoms. The molecule has 0 spiro atoms. The van der Waals surface area contributed by atoms with E-state index in [9.17, 15) is 9.90 Å². The normalized spacial score (nSPS) is 10.5. The van der Waals surface area contributed by atoms with Gasteiger partial charge in [0.25, 0.3) is 0 Å². The highest BCUT2D eigenvalue weighted by molar-refractivity contribution is 5.94. The molecule has 0 atom stereocenters. The van der Waals surface area contributed by atoms with E-state index in [1.54, 1.807) is 18.2 Å². The summed E-state index contributed by atoms with van der Waals surface area (Å²) in [6, 6.07) is 18.9. The minimum Gasteiger partial charge on any atom is -0.507 e. The van der Waals surface area contributed by atoms with Gasteiger partial charge in [-0.25, -0.2) is 0 Å². The topological polar surface area (TPSA) is 37.3 Å². The number of hydrogen-bond acceptors (Lipinski definition) is 2. The molecular weight excluding hydrogens is 236 g/mol. The van der Waals surface area contributed by atoms with Crippen LogP contribution in [0.2, 0.25) is 0 Å². The number of phenols is 1. The van der Waals surface area contributed by atoms with Crippen LogP contribution in [0.4, 0.5) is 0 Å². The smallest absolute Gasteiger partial charge is 0.150 e. The molecule has 2 nitrogen and oxygen atoms in total. The van der Waals surface area contributed by atoms with Gasteiger partial charge >= 0.3 is 0 Å². The van der Waals surface area contributed by atoms with E-state index in [-0.39, 0.29) is 5.75 Å². The predicted octanol–water partition coefficient (Wildman–Crippen LogP) is 4.02. The Morgan fingerprint density at radius 1 is 0.842 bits per heavy atom. The fourth-order valence-corrected chi connectivity index (χ4v) is 2.32. The molecule has 0 aliphatic carbocycles. The quantitative estimate of drug-likeness (QED) is 0.695. The van der Waals surface area contributed by atoms with Gasteiger partial charge in [-0.2, -0.15) is 0 Å². The summed E-state index contributed by atoms with van der Waals surface area (Å²) >= 11 is 0. The van der Waals surface area contributed by atoms with Crippen molar-refractivity contribution in [1.29, 1.82) is 0 Å². The van der Waals surface area contributed by atoms with Crippen LogP contribution in [0.5, 0.6) is 5.75 Å². The third-order valence-electron chi connectivity index (χ3n) is 3.24. The number of rotatable bonds is 2. The van der Waals surface area contributed by atoms with Crippen molar-refractivity contribution in [2.45, 2.75) is 0 Å². The van der Waals surface area contributed by atoms with Crippen molar-refractivity contribution in [2.24, 2.45) is 0 Å². The van der Waals surface area contributed by atoms with Crippen molar-refractivity contribution in [2.75, 3.05) is 0 Å². The zero-order valence-corrected chi connectivity index (χ0v) is 10.2. The van der Waals surface area contributed by atoms with E-state index in [1.807, 2.05) is 42.5 Å². The molecule has 0 saturated carbocycles. The number of hydrogen-bond donors (Lipinski definition) is 1. The Kier molecular flexibility index (Phi) is 2.76. The van der Waals surface area contributed by atoms with E-state index < -0.39 is 0 Å². The summed E-state index contributed by atoms with van der Waals surface area (Å²) in [6.45, 7) is 0. The number of carbonyl (C=O) groups is 1. The highest BCUT2D eigenvalue weighted by atomic mass is 16.3. The van der Waals surface area contributed by atoms with Crippen molar-refractivity contribution in [3.63, 3.8) is 0 Å². The van der Waals surface area contributed by atoms with Crippen molar-refractivity contribution >= 4 is 17.1 Å². The van der Waals surface area contributed by atoms with Gasteiger partial charge in [0.15, 0.2) is 6.29 Å². The number of phenolic OH excluding ortho intramolecular Hbond substituents is 1. The van der Waals surface area contributed by atoms with Crippen LogP contribution < -0.4 is 0 Å². The van der Waals surface area contributed by atoms with Crippen molar-refractivity contribution in [3.8, 4) is 16.9 Å². The second kappa shape index (κ2) is 4.58. The minimum absolute atomic E-state index is 0.125. The molecule has 0 aliphatic rings. The second-order valence-electron chi connectivity index (χ2n) is 4.42. The van der Waals surface area contributed by atoms with Gasteiger partial charge in [-0.15, -0.1) is 0 Å². The lowest BCUT2D eigenvalue weighted by Gasteiger charge is -2.09. The van der Waals surface area contributed by atoms with Gasteiger partial charge in [-0.05, 0) is 28.5 Å². The zero-order valence-electron chi connectivity index (χ0n) is 10.2. The largest absolute Gasteiger partial charge is 0.507 e. The summed E-state index contributed by atoms with van der Waals surface area (Å²) in [5.41, 5.74) is 1.93. The molecule has 3 rings (SSSR count). The molecule has 1 N–H and O–H groups in total. The summed E-state index contributed by atoms with van der Waals surface area (Å²) in [5, 5.41) is 12.2. The summed E-state index contributed by atoms with van der Waals surface area (Å²) in [4.78, 5) is 11.1. The molecule has 0 saturated heterocycles. The van der Waals surface area contributed by atoms with Crippen LogP contribution in [-0.2, 0) is 0 Å². The minimum atomic E-state index is 0.125. The third kappa shape index (κ3) is 1.97. The lowest BCUT2D eigenvalue weighted by atomic mass is 9.97. The second-order valence-corrected chi connectivity index (χ2v) is 4.42. The summed E-state index contributed by atoms with van der Waals surface area (Å²) in [7, 11) is 0. The molecule has 3 aromatic carbocycles. The fraction of sp³-hybridized carbons (Fsp3) is 0. The molecule has 0 heterocycles. The average molecular weight is 248 g/mol. The summed E-state index contributed by atoms with van der Waals surface area (Å²) < 4.78 is 0. The number of carbonyl (C=O) groups excluding carboxylic acids is 1. The molecular formula is C17H12O2. The predicted molar refractivity (Wildman–Crippen MR) is 76.4 cm³/mol. The van der Waals surface area contributed by atoms with Crippen molar-refractivity contribution in [3.05, 3.63) is 66.2 Å². The first kappa shape index (κ1) is 11.5. The molecule has 0 unspecified atom stereocenters. The van der Waals surface area contributed by atoms with Crippen molar-refractivity contribution < 1.29 is 9.90 Å². The molecule has 0 radical (unpaired) electrons.